The molecule has 3 heteroatoms. The van der Waals surface area contributed by atoms with Gasteiger partial charge in [-0.2, -0.15) is 0 Å². The Morgan fingerprint density at radius 2 is 1.94 bits per heavy atom. The highest BCUT2D eigenvalue weighted by Gasteiger charge is 2.27. The van der Waals surface area contributed by atoms with Crippen LogP contribution in [0.5, 0.6) is 0 Å². The summed E-state index contributed by atoms with van der Waals surface area (Å²) in [4.78, 5) is 0. The zero-order chi connectivity index (χ0) is 11.6. The molecule has 0 bridgehead atoms. The largest absolute Gasteiger partial charge is 0.378 e. The van der Waals surface area contributed by atoms with Crippen LogP contribution in [0.4, 0.5) is 5.69 Å². The summed E-state index contributed by atoms with van der Waals surface area (Å²) in [6.07, 6.45) is 0. The molecule has 1 N–H and O–H groups in total. The normalized spacial score (nSPS) is 20.7. The van der Waals surface area contributed by atoms with Gasteiger partial charge in [0.15, 0.2) is 5.79 Å². The van der Waals surface area contributed by atoms with Crippen molar-refractivity contribution in [2.75, 3.05) is 18.5 Å². The van der Waals surface area contributed by atoms with Crippen LogP contribution < -0.4 is 5.32 Å². The molecule has 0 unspecified atom stereocenters. The summed E-state index contributed by atoms with van der Waals surface area (Å²) < 4.78 is 11.2. The number of benzene rings is 1. The maximum atomic E-state index is 5.60. The molecule has 1 aromatic carbocycles. The second kappa shape index (κ2) is 4.44. The number of rotatable bonds is 2. The summed E-state index contributed by atoms with van der Waals surface area (Å²) in [5, 5.41) is 3.41. The molecule has 1 saturated heterocycles. The lowest BCUT2D eigenvalue weighted by atomic mass is 10.2. The van der Waals surface area contributed by atoms with Crippen molar-refractivity contribution >= 4 is 5.69 Å². The van der Waals surface area contributed by atoms with Crippen LogP contribution in [0.1, 0.15) is 19.4 Å². The summed E-state index contributed by atoms with van der Waals surface area (Å²) in [7, 11) is 0. The van der Waals surface area contributed by atoms with E-state index in [1.165, 1.54) is 5.56 Å². The average Bonchev–Trinajstić information content (AvgIpc) is 2.21. The van der Waals surface area contributed by atoms with Gasteiger partial charge >= 0.3 is 0 Å². The minimum absolute atomic E-state index is 0.231. The van der Waals surface area contributed by atoms with E-state index in [0.29, 0.717) is 13.2 Å². The molecule has 1 aromatic rings. The Bertz CT molecular complexity index is 353. The van der Waals surface area contributed by atoms with Crippen LogP contribution in [-0.2, 0) is 9.47 Å². The monoisotopic (exact) mass is 221 g/mol. The lowest BCUT2D eigenvalue weighted by Gasteiger charge is -2.35. The maximum absolute atomic E-state index is 5.60. The van der Waals surface area contributed by atoms with Gasteiger partial charge in [0.05, 0.1) is 19.3 Å². The van der Waals surface area contributed by atoms with Crippen LogP contribution >= 0.6 is 0 Å². The van der Waals surface area contributed by atoms with Crippen LogP contribution in [0.3, 0.4) is 0 Å². The van der Waals surface area contributed by atoms with Crippen molar-refractivity contribution in [3.63, 3.8) is 0 Å². The highest BCUT2D eigenvalue weighted by molar-refractivity contribution is 5.46. The van der Waals surface area contributed by atoms with Crippen molar-refractivity contribution in [2.45, 2.75) is 32.6 Å². The number of ether oxygens (including phenoxy) is 2. The molecule has 0 aromatic heterocycles. The summed E-state index contributed by atoms with van der Waals surface area (Å²) in [5.41, 5.74) is 2.37. The fourth-order valence-electron chi connectivity index (χ4n) is 1.75. The van der Waals surface area contributed by atoms with Crippen LogP contribution in [-0.4, -0.2) is 25.0 Å². The number of hydrogen-bond acceptors (Lipinski definition) is 3. The Labute approximate surface area is 96.8 Å². The van der Waals surface area contributed by atoms with E-state index in [1.807, 2.05) is 19.9 Å². The van der Waals surface area contributed by atoms with E-state index in [4.69, 9.17) is 9.47 Å². The van der Waals surface area contributed by atoms with Crippen molar-refractivity contribution in [3.8, 4) is 0 Å². The highest BCUT2D eigenvalue weighted by Crippen LogP contribution is 2.19. The molecule has 1 fully saturated rings. The summed E-state index contributed by atoms with van der Waals surface area (Å²) in [5.74, 6) is -0.440. The van der Waals surface area contributed by atoms with Crippen molar-refractivity contribution in [3.05, 3.63) is 29.8 Å². The van der Waals surface area contributed by atoms with Crippen LogP contribution in [0.25, 0.3) is 0 Å². The SMILES string of the molecule is Cc1cccc(NC2COC(C)(C)OC2)c1. The molecule has 0 saturated carbocycles. The van der Waals surface area contributed by atoms with E-state index in [-0.39, 0.29) is 6.04 Å². The van der Waals surface area contributed by atoms with Gasteiger partial charge in [-0.05, 0) is 38.5 Å². The molecule has 0 amide bonds. The lowest BCUT2D eigenvalue weighted by Crippen LogP contribution is -2.45. The molecular formula is C13H19NO2. The highest BCUT2D eigenvalue weighted by atomic mass is 16.7. The number of nitrogens with one attached hydrogen (secondary N) is 1. The third-order valence-corrected chi connectivity index (χ3v) is 2.65. The molecule has 88 valence electrons. The molecule has 0 aliphatic carbocycles. The second-order valence-corrected chi connectivity index (χ2v) is 4.73. The third-order valence-electron chi connectivity index (χ3n) is 2.65. The molecule has 1 heterocycles. The molecule has 1 aliphatic heterocycles. The van der Waals surface area contributed by atoms with Gasteiger partial charge in [-0.15, -0.1) is 0 Å². The van der Waals surface area contributed by atoms with Crippen molar-refractivity contribution < 1.29 is 9.47 Å². The Morgan fingerprint density at radius 1 is 1.25 bits per heavy atom. The Kier molecular flexibility index (Phi) is 3.17. The lowest BCUT2D eigenvalue weighted by molar-refractivity contribution is -0.247. The van der Waals surface area contributed by atoms with E-state index < -0.39 is 5.79 Å². The van der Waals surface area contributed by atoms with Gasteiger partial charge < -0.3 is 14.8 Å². The summed E-state index contributed by atoms with van der Waals surface area (Å²) in [6.45, 7) is 7.33. The van der Waals surface area contributed by atoms with Crippen molar-refractivity contribution in [1.29, 1.82) is 0 Å². The first-order valence-electron chi connectivity index (χ1n) is 5.66. The van der Waals surface area contributed by atoms with E-state index in [1.54, 1.807) is 0 Å². The number of hydrogen-bond donors (Lipinski definition) is 1. The third kappa shape index (κ3) is 2.97. The number of anilines is 1. The molecular weight excluding hydrogens is 202 g/mol. The molecule has 16 heavy (non-hydrogen) atoms. The smallest absolute Gasteiger partial charge is 0.162 e. The molecule has 0 radical (unpaired) electrons. The van der Waals surface area contributed by atoms with Crippen LogP contribution in [0.2, 0.25) is 0 Å². The first kappa shape index (κ1) is 11.4. The van der Waals surface area contributed by atoms with E-state index >= 15 is 0 Å². The minimum atomic E-state index is -0.440. The van der Waals surface area contributed by atoms with Gasteiger partial charge in [-0.3, -0.25) is 0 Å². The predicted octanol–water partition coefficient (Wildman–Crippen LogP) is 2.56. The number of aryl methyl sites for hydroxylation is 1. The zero-order valence-electron chi connectivity index (χ0n) is 10.1. The fraction of sp³-hybridized carbons (Fsp3) is 0.538. The molecule has 0 atom stereocenters. The minimum Gasteiger partial charge on any atom is -0.378 e. The van der Waals surface area contributed by atoms with Gasteiger partial charge in [-0.1, -0.05) is 12.1 Å². The second-order valence-electron chi connectivity index (χ2n) is 4.73. The first-order chi connectivity index (χ1) is 7.55. The summed E-state index contributed by atoms with van der Waals surface area (Å²) in [6, 6.07) is 8.55. The van der Waals surface area contributed by atoms with Crippen LogP contribution in [0, 0.1) is 6.92 Å². The van der Waals surface area contributed by atoms with Gasteiger partial charge in [0, 0.05) is 5.69 Å². The molecule has 3 nitrogen and oxygen atoms in total. The van der Waals surface area contributed by atoms with E-state index in [2.05, 4.69) is 30.4 Å². The van der Waals surface area contributed by atoms with Gasteiger partial charge in [0.25, 0.3) is 0 Å². The van der Waals surface area contributed by atoms with Crippen LogP contribution in [0.15, 0.2) is 24.3 Å². The molecule has 2 rings (SSSR count). The van der Waals surface area contributed by atoms with Crippen molar-refractivity contribution in [1.82, 2.24) is 0 Å². The molecule has 1 aliphatic rings. The van der Waals surface area contributed by atoms with Gasteiger partial charge in [-0.25, -0.2) is 0 Å². The van der Waals surface area contributed by atoms with Gasteiger partial charge in [0.1, 0.15) is 0 Å². The summed E-state index contributed by atoms with van der Waals surface area (Å²) >= 11 is 0. The Morgan fingerprint density at radius 3 is 2.56 bits per heavy atom. The Hall–Kier alpha value is -1.06. The quantitative estimate of drug-likeness (QED) is 0.832. The fourth-order valence-corrected chi connectivity index (χ4v) is 1.75. The standard InChI is InChI=1S/C13H19NO2/c1-10-5-4-6-11(7-10)14-12-8-15-13(2,3)16-9-12/h4-7,12,14H,8-9H2,1-3H3. The van der Waals surface area contributed by atoms with E-state index in [0.717, 1.165) is 5.69 Å². The topological polar surface area (TPSA) is 30.5 Å². The van der Waals surface area contributed by atoms with E-state index in [9.17, 15) is 0 Å². The van der Waals surface area contributed by atoms with Gasteiger partial charge in [0.2, 0.25) is 0 Å². The van der Waals surface area contributed by atoms with Crippen molar-refractivity contribution in [2.24, 2.45) is 0 Å². The molecule has 0 spiro atoms. The predicted molar refractivity (Wildman–Crippen MR) is 64.6 cm³/mol. The first-order valence-corrected chi connectivity index (χ1v) is 5.66. The zero-order valence-corrected chi connectivity index (χ0v) is 10.1. The average molecular weight is 221 g/mol. The Balaban J connectivity index is 1.92. The maximum Gasteiger partial charge on any atom is 0.162 e.